The lowest BCUT2D eigenvalue weighted by molar-refractivity contribution is -0.286. The summed E-state index contributed by atoms with van der Waals surface area (Å²) in [5, 5.41) is 11.9. The number of rotatable bonds is 2. The Morgan fingerprint density at radius 1 is 0.958 bits per heavy atom. The van der Waals surface area contributed by atoms with Crippen molar-refractivity contribution in [3.8, 4) is 17.2 Å². The van der Waals surface area contributed by atoms with Crippen molar-refractivity contribution in [1.82, 2.24) is 0 Å². The Balaban J connectivity index is 1.71. The molecule has 24 heavy (non-hydrogen) atoms. The van der Waals surface area contributed by atoms with Crippen LogP contribution in [0.3, 0.4) is 0 Å². The maximum absolute atomic E-state index is 13.0. The van der Waals surface area contributed by atoms with Crippen LogP contribution in [0.15, 0.2) is 59.6 Å². The van der Waals surface area contributed by atoms with Crippen LogP contribution in [0.1, 0.15) is 5.56 Å². The van der Waals surface area contributed by atoms with Gasteiger partial charge in [0, 0.05) is 17.8 Å². The predicted octanol–water partition coefficient (Wildman–Crippen LogP) is 4.62. The fourth-order valence-corrected chi connectivity index (χ4v) is 2.58. The summed E-state index contributed by atoms with van der Waals surface area (Å²) in [5.41, 5.74) is 0.957. The van der Waals surface area contributed by atoms with Gasteiger partial charge in [-0.05, 0) is 29.0 Å². The first-order valence-corrected chi connectivity index (χ1v) is 7.16. The van der Waals surface area contributed by atoms with E-state index in [2.05, 4.69) is 14.5 Å². The molecule has 0 bridgehead atoms. The minimum absolute atomic E-state index is 0.0352. The van der Waals surface area contributed by atoms with Gasteiger partial charge in [0.1, 0.15) is 5.75 Å². The second kappa shape index (κ2) is 5.19. The van der Waals surface area contributed by atoms with Gasteiger partial charge in [0.2, 0.25) is 0 Å². The van der Waals surface area contributed by atoms with Crippen molar-refractivity contribution in [1.29, 1.82) is 0 Å². The van der Waals surface area contributed by atoms with Crippen molar-refractivity contribution >= 4 is 22.7 Å². The Morgan fingerprint density at radius 2 is 1.75 bits per heavy atom. The largest absolute Gasteiger partial charge is 0.586 e. The highest BCUT2D eigenvalue weighted by atomic mass is 19.3. The summed E-state index contributed by atoms with van der Waals surface area (Å²) in [5.74, 6) is -0.0199. The smallest absolute Gasteiger partial charge is 0.507 e. The van der Waals surface area contributed by atoms with Gasteiger partial charge in [-0.2, -0.15) is 0 Å². The highest BCUT2D eigenvalue weighted by Gasteiger charge is 2.43. The molecule has 120 valence electrons. The molecule has 0 atom stereocenters. The van der Waals surface area contributed by atoms with Crippen molar-refractivity contribution in [2.45, 2.75) is 6.29 Å². The summed E-state index contributed by atoms with van der Waals surface area (Å²) < 4.78 is 34.8. The summed E-state index contributed by atoms with van der Waals surface area (Å²) >= 11 is 0. The summed E-state index contributed by atoms with van der Waals surface area (Å²) in [6, 6.07) is 15.2. The van der Waals surface area contributed by atoms with E-state index in [9.17, 15) is 13.9 Å². The Kier molecular flexibility index (Phi) is 3.13. The number of ether oxygens (including phenoxy) is 2. The van der Waals surface area contributed by atoms with E-state index in [0.29, 0.717) is 11.3 Å². The summed E-state index contributed by atoms with van der Waals surface area (Å²) in [6.45, 7) is 0. The van der Waals surface area contributed by atoms with Crippen LogP contribution in [0.5, 0.6) is 17.2 Å². The van der Waals surface area contributed by atoms with E-state index >= 15 is 0 Å². The zero-order valence-electron chi connectivity index (χ0n) is 12.2. The second-order valence-corrected chi connectivity index (χ2v) is 5.28. The van der Waals surface area contributed by atoms with Gasteiger partial charge in [-0.15, -0.1) is 8.78 Å². The standard InChI is InChI=1S/C18H11F2NO3/c19-18(20)23-16-8-6-12(9-17(16)24-18)21-10-14-13-4-2-1-3-11(13)5-7-15(14)22/h1-10,22H. The molecule has 0 fully saturated rings. The van der Waals surface area contributed by atoms with Crippen molar-refractivity contribution in [2.24, 2.45) is 4.99 Å². The molecule has 3 aromatic rings. The molecule has 3 aromatic carbocycles. The van der Waals surface area contributed by atoms with Crippen molar-refractivity contribution in [3.05, 3.63) is 60.2 Å². The van der Waals surface area contributed by atoms with E-state index < -0.39 is 6.29 Å². The normalized spacial score (nSPS) is 15.2. The third-order valence-corrected chi connectivity index (χ3v) is 3.68. The van der Waals surface area contributed by atoms with E-state index in [1.165, 1.54) is 24.4 Å². The fourth-order valence-electron chi connectivity index (χ4n) is 2.58. The van der Waals surface area contributed by atoms with E-state index in [1.807, 2.05) is 30.3 Å². The van der Waals surface area contributed by atoms with Crippen LogP contribution in [0.25, 0.3) is 10.8 Å². The van der Waals surface area contributed by atoms with Gasteiger partial charge in [0.05, 0.1) is 5.69 Å². The van der Waals surface area contributed by atoms with Crippen LogP contribution in [-0.4, -0.2) is 17.6 Å². The number of fused-ring (bicyclic) bond motifs is 2. The maximum Gasteiger partial charge on any atom is 0.586 e. The molecule has 0 saturated carbocycles. The average molecular weight is 327 g/mol. The highest BCUT2D eigenvalue weighted by Crippen LogP contribution is 2.42. The molecule has 4 rings (SSSR count). The van der Waals surface area contributed by atoms with Gasteiger partial charge in [-0.3, -0.25) is 4.99 Å². The molecule has 6 heteroatoms. The number of halogens is 2. The van der Waals surface area contributed by atoms with Gasteiger partial charge in [-0.1, -0.05) is 30.3 Å². The molecular formula is C18H11F2NO3. The second-order valence-electron chi connectivity index (χ2n) is 5.28. The van der Waals surface area contributed by atoms with Crippen molar-refractivity contribution in [2.75, 3.05) is 0 Å². The number of phenols is 1. The first kappa shape index (κ1) is 14.4. The molecular weight excluding hydrogens is 316 g/mol. The lowest BCUT2D eigenvalue weighted by Gasteiger charge is -2.05. The zero-order valence-corrected chi connectivity index (χ0v) is 12.2. The quantitative estimate of drug-likeness (QED) is 0.699. The van der Waals surface area contributed by atoms with Gasteiger partial charge >= 0.3 is 6.29 Å². The van der Waals surface area contributed by atoms with Gasteiger partial charge in [-0.25, -0.2) is 0 Å². The Hall–Kier alpha value is -3.15. The molecule has 0 unspecified atom stereocenters. The molecule has 0 spiro atoms. The zero-order chi connectivity index (χ0) is 16.7. The van der Waals surface area contributed by atoms with Crippen LogP contribution in [0, 0.1) is 0 Å². The Labute approximate surface area is 135 Å². The fraction of sp³-hybridized carbons (Fsp3) is 0.0556. The molecule has 4 nitrogen and oxygen atoms in total. The lowest BCUT2D eigenvalue weighted by Crippen LogP contribution is -2.25. The van der Waals surface area contributed by atoms with Crippen LogP contribution in [0.4, 0.5) is 14.5 Å². The number of hydrogen-bond donors (Lipinski definition) is 1. The highest BCUT2D eigenvalue weighted by molar-refractivity contribution is 6.03. The minimum Gasteiger partial charge on any atom is -0.507 e. The molecule has 1 heterocycles. The number of nitrogens with zero attached hydrogens (tertiary/aromatic N) is 1. The third-order valence-electron chi connectivity index (χ3n) is 3.68. The summed E-state index contributed by atoms with van der Waals surface area (Å²) in [6.07, 6.45) is -2.16. The van der Waals surface area contributed by atoms with Crippen LogP contribution >= 0.6 is 0 Å². The molecule has 0 amide bonds. The van der Waals surface area contributed by atoms with E-state index in [0.717, 1.165) is 10.8 Å². The predicted molar refractivity (Wildman–Crippen MR) is 85.5 cm³/mol. The van der Waals surface area contributed by atoms with E-state index in [1.54, 1.807) is 6.07 Å². The number of hydrogen-bond acceptors (Lipinski definition) is 4. The van der Waals surface area contributed by atoms with E-state index in [-0.39, 0.29) is 17.2 Å². The molecule has 1 N–H and O–H groups in total. The van der Waals surface area contributed by atoms with Crippen molar-refractivity contribution < 1.29 is 23.4 Å². The maximum atomic E-state index is 13.0. The number of phenolic OH excluding ortho intramolecular Hbond substituents is 1. The lowest BCUT2D eigenvalue weighted by atomic mass is 10.0. The molecule has 1 aliphatic heterocycles. The molecule has 1 aliphatic rings. The van der Waals surface area contributed by atoms with Gasteiger partial charge < -0.3 is 14.6 Å². The SMILES string of the molecule is Oc1ccc2ccccc2c1C=Nc1ccc2c(c1)OC(F)(F)O2. The topological polar surface area (TPSA) is 51.1 Å². The van der Waals surface area contributed by atoms with Crippen LogP contribution in [-0.2, 0) is 0 Å². The molecule has 0 radical (unpaired) electrons. The van der Waals surface area contributed by atoms with E-state index in [4.69, 9.17) is 0 Å². The minimum atomic E-state index is -3.65. The monoisotopic (exact) mass is 327 g/mol. The molecule has 0 aliphatic carbocycles. The molecule has 0 aromatic heterocycles. The number of alkyl halides is 2. The summed E-state index contributed by atoms with van der Waals surface area (Å²) in [4.78, 5) is 4.25. The Bertz CT molecular complexity index is 970. The first-order valence-electron chi connectivity index (χ1n) is 7.16. The summed E-state index contributed by atoms with van der Waals surface area (Å²) in [7, 11) is 0. The number of benzene rings is 3. The van der Waals surface area contributed by atoms with Crippen LogP contribution in [0.2, 0.25) is 0 Å². The van der Waals surface area contributed by atoms with Gasteiger partial charge in [0.15, 0.2) is 11.5 Å². The number of aliphatic imine (C=N–C) groups is 1. The van der Waals surface area contributed by atoms with Crippen molar-refractivity contribution in [3.63, 3.8) is 0 Å². The van der Waals surface area contributed by atoms with Gasteiger partial charge in [0.25, 0.3) is 0 Å². The third kappa shape index (κ3) is 2.52. The Morgan fingerprint density at radius 3 is 2.62 bits per heavy atom. The molecule has 0 saturated heterocycles. The number of aromatic hydroxyl groups is 1. The first-order chi connectivity index (χ1) is 11.5. The van der Waals surface area contributed by atoms with Crippen LogP contribution < -0.4 is 9.47 Å². The average Bonchev–Trinajstić information content (AvgIpc) is 2.87.